The summed E-state index contributed by atoms with van der Waals surface area (Å²) in [7, 11) is 1.18. The van der Waals surface area contributed by atoms with E-state index in [9.17, 15) is 24.5 Å². The van der Waals surface area contributed by atoms with E-state index < -0.39 is 40.6 Å². The van der Waals surface area contributed by atoms with Crippen LogP contribution in [0.5, 0.6) is 11.5 Å². The molecule has 2 heterocycles. The fraction of sp³-hybridized carbons (Fsp3) is 0.375. The molecular weight excluding hydrogens is 458 g/mol. The van der Waals surface area contributed by atoms with Crippen LogP contribution >= 0.6 is 0 Å². The van der Waals surface area contributed by atoms with Crippen molar-refractivity contribution >= 4 is 23.7 Å². The Balaban J connectivity index is 2.01. The first-order chi connectivity index (χ1) is 16.4. The molecule has 186 valence electrons. The van der Waals surface area contributed by atoms with Crippen LogP contribution in [-0.2, 0) is 31.9 Å². The summed E-state index contributed by atoms with van der Waals surface area (Å²) in [4.78, 5) is 48.9. The van der Waals surface area contributed by atoms with Crippen LogP contribution in [0.3, 0.4) is 0 Å². The van der Waals surface area contributed by atoms with Gasteiger partial charge in [0.1, 0.15) is 23.4 Å². The second-order valence-corrected chi connectivity index (χ2v) is 9.00. The van der Waals surface area contributed by atoms with Gasteiger partial charge in [-0.25, -0.2) is 9.59 Å². The van der Waals surface area contributed by atoms with Gasteiger partial charge in [0.25, 0.3) is 0 Å². The van der Waals surface area contributed by atoms with Gasteiger partial charge in [0.15, 0.2) is 0 Å². The Morgan fingerprint density at radius 1 is 1.11 bits per heavy atom. The van der Waals surface area contributed by atoms with Gasteiger partial charge in [-0.3, -0.25) is 14.9 Å². The molecule has 2 aliphatic rings. The molecule has 0 fully saturated rings. The van der Waals surface area contributed by atoms with Crippen LogP contribution in [0.25, 0.3) is 0 Å². The summed E-state index contributed by atoms with van der Waals surface area (Å²) in [6, 6.07) is 8.57. The highest BCUT2D eigenvalue weighted by Crippen LogP contribution is 2.33. The summed E-state index contributed by atoms with van der Waals surface area (Å²) in [6.07, 6.45) is -0.720. The Hall–Kier alpha value is -4.15. The molecule has 11 heteroatoms. The number of methoxy groups -OCH3 is 1. The van der Waals surface area contributed by atoms with Crippen LogP contribution in [0.4, 0.5) is 10.5 Å². The van der Waals surface area contributed by atoms with Crippen LogP contribution < -0.4 is 15.4 Å². The van der Waals surface area contributed by atoms with Crippen molar-refractivity contribution in [2.24, 2.45) is 0 Å². The van der Waals surface area contributed by atoms with Crippen molar-refractivity contribution in [1.29, 1.82) is 0 Å². The van der Waals surface area contributed by atoms with Gasteiger partial charge in [0.2, 0.25) is 11.7 Å². The predicted molar refractivity (Wildman–Crippen MR) is 124 cm³/mol. The lowest BCUT2D eigenvalue weighted by Gasteiger charge is -2.25. The lowest BCUT2D eigenvalue weighted by Crippen LogP contribution is -2.53. The summed E-state index contributed by atoms with van der Waals surface area (Å²) in [5.74, 6) is -0.996. The average molecular weight is 485 g/mol. The number of esters is 1. The number of nitrogens with zero attached hydrogens (tertiary/aromatic N) is 1. The number of alkyl carbamates (subject to hydrolysis) is 1. The zero-order valence-corrected chi connectivity index (χ0v) is 19.8. The number of amides is 2. The molecule has 2 amide bonds. The number of hydrogen-bond donors (Lipinski definition) is 2. The highest BCUT2D eigenvalue weighted by molar-refractivity contribution is 5.90. The van der Waals surface area contributed by atoms with E-state index in [2.05, 4.69) is 10.6 Å². The maximum atomic E-state index is 13.2. The van der Waals surface area contributed by atoms with Crippen LogP contribution in [0.2, 0.25) is 0 Å². The summed E-state index contributed by atoms with van der Waals surface area (Å²) in [6.45, 7) is 5.10. The fourth-order valence-electron chi connectivity index (χ4n) is 3.48. The topological polar surface area (TPSA) is 146 Å². The molecule has 2 N–H and O–H groups in total. The van der Waals surface area contributed by atoms with Gasteiger partial charge in [0.05, 0.1) is 12.0 Å². The van der Waals surface area contributed by atoms with Crippen molar-refractivity contribution in [3.8, 4) is 11.5 Å². The number of rotatable bonds is 3. The van der Waals surface area contributed by atoms with Gasteiger partial charge in [-0.05, 0) is 50.1 Å². The first kappa shape index (κ1) is 25.5. The Labute approximate surface area is 201 Å². The zero-order chi connectivity index (χ0) is 25.8. The third kappa shape index (κ3) is 6.92. The minimum atomic E-state index is -1.12. The molecule has 0 aromatic heterocycles. The first-order valence-electron chi connectivity index (χ1n) is 10.9. The van der Waals surface area contributed by atoms with E-state index in [1.807, 2.05) is 0 Å². The minimum absolute atomic E-state index is 0.00304. The number of nitro groups is 1. The summed E-state index contributed by atoms with van der Waals surface area (Å²) in [5.41, 5.74) is 0.142. The molecule has 0 saturated carbocycles. The molecule has 4 rings (SSSR count). The molecule has 11 nitrogen and oxygen atoms in total. The van der Waals surface area contributed by atoms with Gasteiger partial charge in [0, 0.05) is 18.9 Å². The quantitative estimate of drug-likeness (QED) is 0.383. The standard InChI is InChI=1S/C24H27N3O8/c1-24(2,3)35-23(30)26-17-11-14-5-8-16(9-6-14)34-20-13-15(7-10-19(20)27(31)32)12-18(22(29)33-4)25-21(17)28/h5-10,13,17-18H,11-12H2,1-4H3,(H,25,28)(H,26,30)/t17-,18-/m0/s1. The average Bonchev–Trinajstić information content (AvgIpc) is 2.77. The normalized spacial score (nSPS) is 17.9. The number of benzene rings is 2. The van der Waals surface area contributed by atoms with Crippen LogP contribution in [0.15, 0.2) is 42.5 Å². The second kappa shape index (κ2) is 10.4. The molecular formula is C24H27N3O8. The minimum Gasteiger partial charge on any atom is -0.467 e. The summed E-state index contributed by atoms with van der Waals surface area (Å²) < 4.78 is 15.9. The number of carbonyl (C=O) groups is 3. The number of hydrogen-bond acceptors (Lipinski definition) is 8. The van der Waals surface area contributed by atoms with Gasteiger partial charge in [-0.15, -0.1) is 0 Å². The van der Waals surface area contributed by atoms with E-state index in [-0.39, 0.29) is 24.3 Å². The van der Waals surface area contributed by atoms with Gasteiger partial charge in [-0.2, -0.15) is 0 Å². The lowest BCUT2D eigenvalue weighted by molar-refractivity contribution is -0.385. The van der Waals surface area contributed by atoms with E-state index in [4.69, 9.17) is 14.2 Å². The maximum Gasteiger partial charge on any atom is 0.408 e. The van der Waals surface area contributed by atoms with E-state index in [1.165, 1.54) is 25.3 Å². The van der Waals surface area contributed by atoms with E-state index >= 15 is 0 Å². The fourth-order valence-corrected chi connectivity index (χ4v) is 3.48. The SMILES string of the molecule is COC(=O)[C@@H]1Cc2ccc([N+](=O)[O-])c(c2)Oc2ccc(cc2)C[C@H](NC(=O)OC(C)(C)C)C(=O)N1. The Kier molecular flexibility index (Phi) is 7.58. The van der Waals surface area contributed by atoms with Gasteiger partial charge >= 0.3 is 17.7 Å². The second-order valence-electron chi connectivity index (χ2n) is 9.00. The number of nitrogens with one attached hydrogen (secondary N) is 2. The Morgan fingerprint density at radius 3 is 2.37 bits per heavy atom. The molecule has 0 aliphatic carbocycles. The highest BCUT2D eigenvalue weighted by atomic mass is 16.6. The molecule has 2 aromatic carbocycles. The molecule has 0 radical (unpaired) electrons. The van der Waals surface area contributed by atoms with Gasteiger partial charge in [-0.1, -0.05) is 18.2 Å². The van der Waals surface area contributed by atoms with Crippen molar-refractivity contribution < 1.29 is 33.5 Å². The predicted octanol–water partition coefficient (Wildman–Crippen LogP) is 3.04. The van der Waals surface area contributed by atoms with Crippen molar-refractivity contribution in [1.82, 2.24) is 10.6 Å². The van der Waals surface area contributed by atoms with E-state index in [0.29, 0.717) is 16.9 Å². The number of nitro benzene ring substituents is 1. The smallest absolute Gasteiger partial charge is 0.408 e. The third-order valence-electron chi connectivity index (χ3n) is 5.06. The Morgan fingerprint density at radius 2 is 1.77 bits per heavy atom. The Bertz CT molecular complexity index is 1120. The first-order valence-corrected chi connectivity index (χ1v) is 10.9. The van der Waals surface area contributed by atoms with Crippen LogP contribution in [-0.4, -0.2) is 47.7 Å². The highest BCUT2D eigenvalue weighted by Gasteiger charge is 2.30. The summed E-state index contributed by atoms with van der Waals surface area (Å²) in [5, 5.41) is 16.7. The zero-order valence-electron chi connectivity index (χ0n) is 19.8. The van der Waals surface area contributed by atoms with Crippen molar-refractivity contribution in [3.63, 3.8) is 0 Å². The largest absolute Gasteiger partial charge is 0.467 e. The van der Waals surface area contributed by atoms with Crippen LogP contribution in [0.1, 0.15) is 31.9 Å². The number of carbonyl (C=O) groups excluding carboxylic acids is 3. The molecule has 0 saturated heterocycles. The number of ether oxygens (including phenoxy) is 3. The summed E-state index contributed by atoms with van der Waals surface area (Å²) >= 11 is 0. The monoisotopic (exact) mass is 485 g/mol. The molecule has 0 spiro atoms. The lowest BCUT2D eigenvalue weighted by atomic mass is 10.0. The number of fused-ring (bicyclic) bond motifs is 7. The molecule has 2 atom stereocenters. The molecule has 4 bridgehead atoms. The van der Waals surface area contributed by atoms with Crippen LogP contribution in [0, 0.1) is 10.1 Å². The maximum absolute atomic E-state index is 13.2. The van der Waals surface area contributed by atoms with E-state index in [0.717, 1.165) is 0 Å². The third-order valence-corrected chi connectivity index (χ3v) is 5.06. The van der Waals surface area contributed by atoms with Crippen molar-refractivity contribution in [2.45, 2.75) is 51.3 Å². The van der Waals surface area contributed by atoms with Crippen molar-refractivity contribution in [3.05, 3.63) is 63.7 Å². The van der Waals surface area contributed by atoms with Crippen molar-refractivity contribution in [2.75, 3.05) is 7.11 Å². The molecule has 2 aromatic rings. The van der Waals surface area contributed by atoms with Gasteiger partial charge < -0.3 is 24.8 Å². The van der Waals surface area contributed by atoms with E-state index in [1.54, 1.807) is 45.0 Å². The molecule has 2 aliphatic heterocycles. The molecule has 0 unspecified atom stereocenters. The molecule has 35 heavy (non-hydrogen) atoms.